The maximum atomic E-state index is 12.6. The predicted octanol–water partition coefficient (Wildman–Crippen LogP) is 4.65. The molecule has 1 heteroatoms. The van der Waals surface area contributed by atoms with E-state index in [1.54, 1.807) is 0 Å². The molecule has 0 spiro atoms. The molecule has 0 bridgehead atoms. The van der Waals surface area contributed by atoms with E-state index in [1.807, 2.05) is 12.1 Å². The molecule has 1 fully saturated rings. The average molecular weight is 244 g/mol. The molecule has 1 nitrogen and oxygen atoms in total. The zero-order valence-electron chi connectivity index (χ0n) is 11.8. The topological polar surface area (TPSA) is 17.1 Å². The first kappa shape index (κ1) is 13.3. The Hall–Kier alpha value is -1.11. The molecule has 0 radical (unpaired) electrons. The van der Waals surface area contributed by atoms with Crippen LogP contribution in [0.1, 0.15) is 62.4 Å². The Balaban J connectivity index is 2.20. The van der Waals surface area contributed by atoms with Crippen LogP contribution >= 0.6 is 0 Å². The Labute approximate surface area is 111 Å². The van der Waals surface area contributed by atoms with Crippen molar-refractivity contribution in [3.8, 4) is 0 Å². The third kappa shape index (κ3) is 2.66. The van der Waals surface area contributed by atoms with Gasteiger partial charge in [-0.3, -0.25) is 4.79 Å². The van der Waals surface area contributed by atoms with E-state index in [2.05, 4.69) is 32.9 Å². The molecular weight excluding hydrogens is 220 g/mol. The maximum Gasteiger partial charge on any atom is 0.166 e. The van der Waals surface area contributed by atoms with Gasteiger partial charge in [-0.2, -0.15) is 0 Å². The number of Topliss-reactive ketones (excluding diaryl/α,β-unsaturated/α-hetero) is 1. The Morgan fingerprint density at radius 2 is 2.17 bits per heavy atom. The Morgan fingerprint density at radius 1 is 1.39 bits per heavy atom. The highest BCUT2D eigenvalue weighted by molar-refractivity contribution is 5.98. The van der Waals surface area contributed by atoms with Crippen molar-refractivity contribution in [1.82, 2.24) is 0 Å². The van der Waals surface area contributed by atoms with Crippen LogP contribution in [0.4, 0.5) is 0 Å². The summed E-state index contributed by atoms with van der Waals surface area (Å²) in [6.07, 6.45) is 5.63. The van der Waals surface area contributed by atoms with Gasteiger partial charge in [0.05, 0.1) is 0 Å². The highest BCUT2D eigenvalue weighted by Gasteiger charge is 2.39. The Morgan fingerprint density at radius 3 is 2.78 bits per heavy atom. The molecule has 0 heterocycles. The van der Waals surface area contributed by atoms with Gasteiger partial charge in [-0.25, -0.2) is 0 Å². The minimum absolute atomic E-state index is 0.178. The zero-order chi connectivity index (χ0) is 13.2. The highest BCUT2D eigenvalue weighted by atomic mass is 16.1. The molecule has 0 N–H and O–H groups in total. The number of rotatable bonds is 4. The van der Waals surface area contributed by atoms with Crippen molar-refractivity contribution >= 4 is 5.78 Å². The number of hydrogen-bond acceptors (Lipinski definition) is 1. The fourth-order valence-corrected chi connectivity index (χ4v) is 3.18. The summed E-state index contributed by atoms with van der Waals surface area (Å²) in [5, 5.41) is 0. The molecule has 2 rings (SSSR count). The number of hydrogen-bond donors (Lipinski definition) is 0. The van der Waals surface area contributed by atoms with Crippen molar-refractivity contribution in [2.45, 2.75) is 52.9 Å². The Bertz CT molecular complexity index is 431. The van der Waals surface area contributed by atoms with Gasteiger partial charge in [-0.15, -0.1) is 0 Å². The van der Waals surface area contributed by atoms with E-state index in [9.17, 15) is 4.79 Å². The summed E-state index contributed by atoms with van der Waals surface area (Å²) in [4.78, 5) is 12.6. The normalized spacial score (nSPS) is 22.1. The first-order chi connectivity index (χ1) is 8.54. The van der Waals surface area contributed by atoms with E-state index in [1.165, 1.54) is 18.4 Å². The zero-order valence-corrected chi connectivity index (χ0v) is 11.8. The number of carbonyl (C=O) groups is 1. The molecule has 0 aromatic heterocycles. The smallest absolute Gasteiger partial charge is 0.166 e. The summed E-state index contributed by atoms with van der Waals surface area (Å²) in [6, 6.07) is 8.23. The molecule has 18 heavy (non-hydrogen) atoms. The maximum absolute atomic E-state index is 12.6. The van der Waals surface area contributed by atoms with Crippen LogP contribution in [0.2, 0.25) is 0 Å². The van der Waals surface area contributed by atoms with Crippen molar-refractivity contribution < 1.29 is 4.79 Å². The summed E-state index contributed by atoms with van der Waals surface area (Å²) in [6.45, 7) is 6.64. The molecule has 1 aromatic carbocycles. The number of carbonyl (C=O) groups excluding carboxylic acids is 1. The van der Waals surface area contributed by atoms with Gasteiger partial charge < -0.3 is 0 Å². The SMILES string of the molecule is CCCc1cccc(C(=O)C2CCCC2(C)C)c1. The summed E-state index contributed by atoms with van der Waals surface area (Å²) in [5.41, 5.74) is 2.39. The molecular formula is C17H24O. The van der Waals surface area contributed by atoms with Crippen molar-refractivity contribution in [2.75, 3.05) is 0 Å². The van der Waals surface area contributed by atoms with Crippen molar-refractivity contribution in [1.29, 1.82) is 0 Å². The summed E-state index contributed by atoms with van der Waals surface area (Å²) in [7, 11) is 0. The molecule has 0 amide bonds. The van der Waals surface area contributed by atoms with Crippen LogP contribution in [-0.2, 0) is 6.42 Å². The van der Waals surface area contributed by atoms with Crippen LogP contribution in [0.5, 0.6) is 0 Å². The van der Waals surface area contributed by atoms with Crippen LogP contribution in [0.25, 0.3) is 0 Å². The van der Waals surface area contributed by atoms with Crippen LogP contribution in [0.15, 0.2) is 24.3 Å². The van der Waals surface area contributed by atoms with Crippen molar-refractivity contribution in [2.24, 2.45) is 11.3 Å². The fourth-order valence-electron chi connectivity index (χ4n) is 3.18. The standard InChI is InChI=1S/C17H24O/c1-4-7-13-8-5-9-14(12-13)16(18)15-10-6-11-17(15,2)3/h5,8-9,12,15H,4,6-7,10-11H2,1-3H3. The first-order valence-electron chi connectivity index (χ1n) is 7.18. The number of ketones is 1. The van der Waals surface area contributed by atoms with Gasteiger partial charge in [-0.05, 0) is 36.3 Å². The molecule has 98 valence electrons. The summed E-state index contributed by atoms with van der Waals surface area (Å²) in [5.74, 6) is 0.574. The number of benzene rings is 1. The third-order valence-electron chi connectivity index (χ3n) is 4.32. The molecule has 1 aliphatic carbocycles. The molecule has 1 saturated carbocycles. The minimum Gasteiger partial charge on any atom is -0.294 e. The highest BCUT2D eigenvalue weighted by Crippen LogP contribution is 2.44. The molecule has 0 saturated heterocycles. The average Bonchev–Trinajstić information content (AvgIpc) is 2.69. The van der Waals surface area contributed by atoms with E-state index in [0.717, 1.165) is 24.8 Å². The first-order valence-corrected chi connectivity index (χ1v) is 7.18. The predicted molar refractivity (Wildman–Crippen MR) is 75.9 cm³/mol. The second-order valence-electron chi connectivity index (χ2n) is 6.25. The fraction of sp³-hybridized carbons (Fsp3) is 0.588. The summed E-state index contributed by atoms with van der Waals surface area (Å²) >= 11 is 0. The van der Waals surface area contributed by atoms with Crippen molar-refractivity contribution in [3.63, 3.8) is 0 Å². The lowest BCUT2D eigenvalue weighted by Crippen LogP contribution is -2.25. The lowest BCUT2D eigenvalue weighted by Gasteiger charge is -2.25. The molecule has 1 aromatic rings. The second kappa shape index (κ2) is 5.26. The molecule has 1 atom stereocenters. The lowest BCUT2D eigenvalue weighted by molar-refractivity contribution is 0.0839. The largest absolute Gasteiger partial charge is 0.294 e. The van der Waals surface area contributed by atoms with Crippen LogP contribution in [0.3, 0.4) is 0 Å². The van der Waals surface area contributed by atoms with Crippen molar-refractivity contribution in [3.05, 3.63) is 35.4 Å². The van der Waals surface area contributed by atoms with Gasteiger partial charge in [0.25, 0.3) is 0 Å². The monoisotopic (exact) mass is 244 g/mol. The van der Waals surface area contributed by atoms with Crippen LogP contribution < -0.4 is 0 Å². The van der Waals surface area contributed by atoms with Gasteiger partial charge in [0.15, 0.2) is 5.78 Å². The van der Waals surface area contributed by atoms with E-state index >= 15 is 0 Å². The quantitative estimate of drug-likeness (QED) is 0.705. The van der Waals surface area contributed by atoms with E-state index in [0.29, 0.717) is 5.78 Å². The molecule has 1 unspecified atom stereocenters. The van der Waals surface area contributed by atoms with Gasteiger partial charge in [-0.1, -0.05) is 51.8 Å². The van der Waals surface area contributed by atoms with Gasteiger partial charge >= 0.3 is 0 Å². The second-order valence-corrected chi connectivity index (χ2v) is 6.25. The van der Waals surface area contributed by atoms with E-state index in [4.69, 9.17) is 0 Å². The van der Waals surface area contributed by atoms with Gasteiger partial charge in [0.2, 0.25) is 0 Å². The Kier molecular flexibility index (Phi) is 3.89. The van der Waals surface area contributed by atoms with Gasteiger partial charge in [0.1, 0.15) is 0 Å². The van der Waals surface area contributed by atoms with Crippen LogP contribution in [0, 0.1) is 11.3 Å². The van der Waals surface area contributed by atoms with E-state index in [-0.39, 0.29) is 11.3 Å². The lowest BCUT2D eigenvalue weighted by atomic mass is 9.77. The number of aryl methyl sites for hydroxylation is 1. The minimum atomic E-state index is 0.178. The van der Waals surface area contributed by atoms with Gasteiger partial charge in [0, 0.05) is 11.5 Å². The molecule has 0 aliphatic heterocycles. The van der Waals surface area contributed by atoms with E-state index < -0.39 is 0 Å². The third-order valence-corrected chi connectivity index (χ3v) is 4.32. The molecule has 1 aliphatic rings. The summed E-state index contributed by atoms with van der Waals surface area (Å²) < 4.78 is 0. The van der Waals surface area contributed by atoms with Crippen LogP contribution in [-0.4, -0.2) is 5.78 Å².